The molecule has 2 rings (SSSR count). The van der Waals surface area contributed by atoms with Crippen molar-refractivity contribution in [3.05, 3.63) is 0 Å². The van der Waals surface area contributed by atoms with Crippen LogP contribution in [-0.4, -0.2) is 55.8 Å². The minimum atomic E-state index is -0.164. The molecule has 0 saturated heterocycles. The molecule has 4 atom stereocenters. The van der Waals surface area contributed by atoms with Gasteiger partial charge in [-0.2, -0.15) is 0 Å². The first-order chi connectivity index (χ1) is 12.7. The van der Waals surface area contributed by atoms with Crippen LogP contribution in [0.2, 0.25) is 0 Å². The summed E-state index contributed by atoms with van der Waals surface area (Å²) < 4.78 is 11.6. The molecule has 2 saturated carbocycles. The second kappa shape index (κ2) is 11.8. The molecule has 2 amide bonds. The summed E-state index contributed by atoms with van der Waals surface area (Å²) in [5, 5.41) is 15.8. The highest BCUT2D eigenvalue weighted by Crippen LogP contribution is 2.27. The zero-order chi connectivity index (χ0) is 18.8. The van der Waals surface area contributed by atoms with Crippen LogP contribution < -0.4 is 10.6 Å². The van der Waals surface area contributed by atoms with Gasteiger partial charge in [0.05, 0.1) is 24.9 Å². The topological polar surface area (TPSA) is 79.8 Å². The zero-order valence-corrected chi connectivity index (χ0v) is 16.5. The molecule has 0 spiro atoms. The van der Waals surface area contributed by atoms with Crippen LogP contribution in [0.15, 0.2) is 0 Å². The fraction of sp³-hybridized carbons (Fsp3) is 0.950. The first-order valence-electron chi connectivity index (χ1n) is 10.5. The van der Waals surface area contributed by atoms with Gasteiger partial charge in [0.25, 0.3) is 0 Å². The molecular formula is C20H38N2O4. The number of urea groups is 1. The largest absolute Gasteiger partial charge is 0.394 e. The number of rotatable bonds is 9. The van der Waals surface area contributed by atoms with Crippen molar-refractivity contribution in [2.45, 2.75) is 95.4 Å². The van der Waals surface area contributed by atoms with E-state index in [1.54, 1.807) is 7.11 Å². The van der Waals surface area contributed by atoms with Gasteiger partial charge in [0.2, 0.25) is 0 Å². The Bertz CT molecular complexity index is 401. The van der Waals surface area contributed by atoms with Crippen LogP contribution in [0.5, 0.6) is 0 Å². The summed E-state index contributed by atoms with van der Waals surface area (Å²) >= 11 is 0. The van der Waals surface area contributed by atoms with Gasteiger partial charge < -0.3 is 25.2 Å². The van der Waals surface area contributed by atoms with E-state index < -0.39 is 0 Å². The highest BCUT2D eigenvalue weighted by Gasteiger charge is 2.32. The van der Waals surface area contributed by atoms with Gasteiger partial charge in [0.1, 0.15) is 0 Å². The summed E-state index contributed by atoms with van der Waals surface area (Å²) in [4.78, 5) is 12.4. The average molecular weight is 371 g/mol. The molecule has 0 aliphatic heterocycles. The molecule has 0 aromatic carbocycles. The predicted octanol–water partition coefficient (Wildman–Crippen LogP) is 2.98. The van der Waals surface area contributed by atoms with Gasteiger partial charge in [-0.3, -0.25) is 0 Å². The third-order valence-corrected chi connectivity index (χ3v) is 5.93. The number of unbranched alkanes of at least 4 members (excludes halogenated alkanes) is 1. The molecule has 6 heteroatoms. The molecule has 2 aliphatic rings. The summed E-state index contributed by atoms with van der Waals surface area (Å²) in [5.74, 6) is 0.397. The Morgan fingerprint density at radius 2 is 1.92 bits per heavy atom. The Labute approximate surface area is 158 Å². The summed E-state index contributed by atoms with van der Waals surface area (Å²) in [6, 6.07) is -0.205. The number of amides is 2. The van der Waals surface area contributed by atoms with Gasteiger partial charge in [-0.05, 0) is 44.4 Å². The quantitative estimate of drug-likeness (QED) is 0.545. The predicted molar refractivity (Wildman–Crippen MR) is 102 cm³/mol. The monoisotopic (exact) mass is 370 g/mol. The molecule has 6 nitrogen and oxygen atoms in total. The first kappa shape index (κ1) is 21.5. The van der Waals surface area contributed by atoms with Crippen molar-refractivity contribution >= 4 is 6.03 Å². The average Bonchev–Trinajstić information content (AvgIpc) is 2.67. The van der Waals surface area contributed by atoms with Crippen molar-refractivity contribution in [3.63, 3.8) is 0 Å². The van der Waals surface area contributed by atoms with E-state index in [1.165, 1.54) is 19.3 Å². The van der Waals surface area contributed by atoms with Gasteiger partial charge >= 0.3 is 6.03 Å². The Kier molecular flexibility index (Phi) is 9.72. The van der Waals surface area contributed by atoms with E-state index in [0.717, 1.165) is 51.6 Å². The molecule has 0 aromatic rings. The number of nitrogens with one attached hydrogen (secondary N) is 2. The maximum absolute atomic E-state index is 12.4. The standard InChI is InChI=1S/C20H38N2O4/c1-3-4-12-26-19-13-16(10-11-18(19)25-2)21-20(24)22-17(14-23)15-8-6-5-7-9-15/h15-19,23H,3-14H2,1-2H3,(H2,21,22,24)/t16?,17-,18?,19?/m0/s1. The third kappa shape index (κ3) is 6.71. The lowest BCUT2D eigenvalue weighted by Crippen LogP contribution is -2.53. The highest BCUT2D eigenvalue weighted by molar-refractivity contribution is 5.74. The molecule has 26 heavy (non-hydrogen) atoms. The second-order valence-electron chi connectivity index (χ2n) is 7.85. The summed E-state index contributed by atoms with van der Waals surface area (Å²) in [5.41, 5.74) is 0. The normalized spacial score (nSPS) is 28.5. The molecular weight excluding hydrogens is 332 g/mol. The molecule has 2 fully saturated rings. The number of aliphatic hydroxyl groups excluding tert-OH is 1. The minimum Gasteiger partial charge on any atom is -0.394 e. The van der Waals surface area contributed by atoms with E-state index in [0.29, 0.717) is 5.92 Å². The molecule has 0 heterocycles. The number of carbonyl (C=O) groups is 1. The third-order valence-electron chi connectivity index (χ3n) is 5.93. The van der Waals surface area contributed by atoms with Gasteiger partial charge in [0, 0.05) is 19.8 Å². The molecule has 0 bridgehead atoms. The van der Waals surface area contributed by atoms with E-state index in [4.69, 9.17) is 9.47 Å². The lowest BCUT2D eigenvalue weighted by molar-refractivity contribution is -0.0822. The van der Waals surface area contributed by atoms with Crippen molar-refractivity contribution < 1.29 is 19.4 Å². The SMILES string of the molecule is CCCCOC1CC(NC(=O)N[C@@H](CO)C2CCCCC2)CCC1OC. The van der Waals surface area contributed by atoms with E-state index in [-0.39, 0.29) is 36.9 Å². The lowest BCUT2D eigenvalue weighted by atomic mass is 9.84. The summed E-state index contributed by atoms with van der Waals surface area (Å²) in [7, 11) is 1.73. The van der Waals surface area contributed by atoms with Gasteiger partial charge in [-0.1, -0.05) is 32.6 Å². The van der Waals surface area contributed by atoms with Crippen LogP contribution in [0.1, 0.15) is 71.1 Å². The van der Waals surface area contributed by atoms with E-state index in [2.05, 4.69) is 17.6 Å². The second-order valence-corrected chi connectivity index (χ2v) is 7.85. The fourth-order valence-corrected chi connectivity index (χ4v) is 4.30. The Morgan fingerprint density at radius 3 is 2.58 bits per heavy atom. The number of aliphatic hydroxyl groups is 1. The van der Waals surface area contributed by atoms with Gasteiger partial charge in [0.15, 0.2) is 0 Å². The van der Waals surface area contributed by atoms with Crippen molar-refractivity contribution in [2.24, 2.45) is 5.92 Å². The van der Waals surface area contributed by atoms with E-state index in [1.807, 2.05) is 0 Å². The van der Waals surface area contributed by atoms with Gasteiger partial charge in [-0.15, -0.1) is 0 Å². The number of hydrogen-bond donors (Lipinski definition) is 3. The fourth-order valence-electron chi connectivity index (χ4n) is 4.30. The van der Waals surface area contributed by atoms with Crippen LogP contribution in [0.3, 0.4) is 0 Å². The lowest BCUT2D eigenvalue weighted by Gasteiger charge is -2.36. The van der Waals surface area contributed by atoms with Crippen LogP contribution in [0.25, 0.3) is 0 Å². The van der Waals surface area contributed by atoms with E-state index >= 15 is 0 Å². The van der Waals surface area contributed by atoms with Crippen molar-refractivity contribution in [1.82, 2.24) is 10.6 Å². The minimum absolute atomic E-state index is 0.0112. The molecule has 0 radical (unpaired) electrons. The smallest absolute Gasteiger partial charge is 0.315 e. The van der Waals surface area contributed by atoms with Crippen LogP contribution in [0, 0.1) is 5.92 Å². The highest BCUT2D eigenvalue weighted by atomic mass is 16.5. The zero-order valence-electron chi connectivity index (χ0n) is 16.5. The molecule has 3 unspecified atom stereocenters. The van der Waals surface area contributed by atoms with Crippen molar-refractivity contribution in [1.29, 1.82) is 0 Å². The van der Waals surface area contributed by atoms with Crippen LogP contribution in [-0.2, 0) is 9.47 Å². The number of hydrogen-bond acceptors (Lipinski definition) is 4. The number of ether oxygens (including phenoxy) is 2. The van der Waals surface area contributed by atoms with Gasteiger partial charge in [-0.25, -0.2) is 4.79 Å². The van der Waals surface area contributed by atoms with Crippen LogP contribution >= 0.6 is 0 Å². The Balaban J connectivity index is 1.79. The summed E-state index contributed by atoms with van der Waals surface area (Å²) in [6.07, 6.45) is 10.7. The number of methoxy groups -OCH3 is 1. The van der Waals surface area contributed by atoms with Crippen LogP contribution in [0.4, 0.5) is 4.79 Å². The molecule has 152 valence electrons. The van der Waals surface area contributed by atoms with Crippen molar-refractivity contribution in [2.75, 3.05) is 20.3 Å². The van der Waals surface area contributed by atoms with E-state index in [9.17, 15) is 9.90 Å². The summed E-state index contributed by atoms with van der Waals surface area (Å²) in [6.45, 7) is 2.90. The molecule has 0 aromatic heterocycles. The Morgan fingerprint density at radius 1 is 1.15 bits per heavy atom. The van der Waals surface area contributed by atoms with Crippen molar-refractivity contribution in [3.8, 4) is 0 Å². The Hall–Kier alpha value is -0.850. The molecule has 2 aliphatic carbocycles. The first-order valence-corrected chi connectivity index (χ1v) is 10.5. The maximum atomic E-state index is 12.4. The maximum Gasteiger partial charge on any atom is 0.315 e. The molecule has 3 N–H and O–H groups in total. The number of carbonyl (C=O) groups excluding carboxylic acids is 1.